The van der Waals surface area contributed by atoms with Crippen LogP contribution in [0.4, 0.5) is 0 Å². The van der Waals surface area contributed by atoms with Gasteiger partial charge in [-0.15, -0.1) is 0 Å². The van der Waals surface area contributed by atoms with E-state index >= 15 is 0 Å². The second-order valence-electron chi connectivity index (χ2n) is 5.62. The van der Waals surface area contributed by atoms with Gasteiger partial charge in [-0.25, -0.2) is 8.42 Å². The monoisotopic (exact) mass is 277 g/mol. The molecule has 0 aromatic carbocycles. The molecule has 0 aromatic heterocycles. The van der Waals surface area contributed by atoms with Crippen LogP contribution in [0.1, 0.15) is 33.6 Å². The van der Waals surface area contributed by atoms with Crippen LogP contribution in [-0.2, 0) is 14.6 Å². The number of likely N-dealkylation sites (tertiary alicyclic amines) is 1. The number of rotatable bonds is 5. The van der Waals surface area contributed by atoms with Crippen molar-refractivity contribution in [3.63, 3.8) is 0 Å². The first-order chi connectivity index (χ1) is 8.17. The van der Waals surface area contributed by atoms with Crippen molar-refractivity contribution in [3.05, 3.63) is 0 Å². The van der Waals surface area contributed by atoms with Gasteiger partial charge in [0.1, 0.15) is 0 Å². The molecule has 0 saturated carbocycles. The highest BCUT2D eigenvalue weighted by molar-refractivity contribution is 7.92. The summed E-state index contributed by atoms with van der Waals surface area (Å²) in [6.45, 7) is 6.97. The maximum Gasteiger partial charge on any atom is 0.309 e. The van der Waals surface area contributed by atoms with E-state index in [-0.39, 0.29) is 11.0 Å². The summed E-state index contributed by atoms with van der Waals surface area (Å²) in [6.07, 6.45) is 1.17. The first kappa shape index (κ1) is 15.4. The molecule has 1 saturated heterocycles. The third-order valence-corrected chi connectivity index (χ3v) is 6.07. The summed E-state index contributed by atoms with van der Waals surface area (Å²) in [6, 6.07) is 0. The number of piperidine rings is 1. The van der Waals surface area contributed by atoms with E-state index in [0.29, 0.717) is 32.5 Å². The molecule has 1 N–H and O–H groups in total. The fourth-order valence-corrected chi connectivity index (χ4v) is 2.96. The van der Waals surface area contributed by atoms with Crippen molar-refractivity contribution in [3.8, 4) is 0 Å². The van der Waals surface area contributed by atoms with Crippen LogP contribution in [0, 0.1) is 5.41 Å². The van der Waals surface area contributed by atoms with Gasteiger partial charge in [0.05, 0.1) is 16.4 Å². The Morgan fingerprint density at radius 3 is 2.22 bits per heavy atom. The molecule has 1 aliphatic heterocycles. The second kappa shape index (κ2) is 5.57. The topological polar surface area (TPSA) is 74.7 Å². The number of carbonyl (C=O) groups is 1. The fourth-order valence-electron chi connectivity index (χ4n) is 1.98. The van der Waals surface area contributed by atoms with Crippen LogP contribution in [0.25, 0.3) is 0 Å². The lowest BCUT2D eigenvalue weighted by atomic mass is 9.80. The van der Waals surface area contributed by atoms with Gasteiger partial charge < -0.3 is 10.0 Å². The number of carboxylic acid groups (broad SMARTS) is 1. The van der Waals surface area contributed by atoms with Gasteiger partial charge in [0, 0.05) is 6.54 Å². The van der Waals surface area contributed by atoms with E-state index in [0.717, 1.165) is 0 Å². The minimum Gasteiger partial charge on any atom is -0.481 e. The number of carboxylic acids is 1. The zero-order chi connectivity index (χ0) is 14.0. The molecule has 1 heterocycles. The first-order valence-corrected chi connectivity index (χ1v) is 8.06. The van der Waals surface area contributed by atoms with E-state index in [4.69, 9.17) is 5.11 Å². The summed E-state index contributed by atoms with van der Waals surface area (Å²) in [5, 5.41) is 8.76. The van der Waals surface area contributed by atoms with Crippen LogP contribution in [0.3, 0.4) is 0 Å². The van der Waals surface area contributed by atoms with E-state index in [1.807, 2.05) is 4.90 Å². The molecular weight excluding hydrogens is 254 g/mol. The largest absolute Gasteiger partial charge is 0.481 e. The number of sulfone groups is 1. The summed E-state index contributed by atoms with van der Waals surface area (Å²) in [5.41, 5.74) is -0.645. The van der Waals surface area contributed by atoms with Crippen molar-refractivity contribution in [2.24, 2.45) is 5.41 Å². The molecule has 5 nitrogen and oxygen atoms in total. The Labute approximate surface area is 109 Å². The van der Waals surface area contributed by atoms with E-state index in [2.05, 4.69) is 0 Å². The molecule has 6 heteroatoms. The summed E-state index contributed by atoms with van der Waals surface area (Å²) in [5.74, 6) is -0.592. The lowest BCUT2D eigenvalue weighted by Crippen LogP contribution is -2.44. The van der Waals surface area contributed by atoms with Gasteiger partial charge in [-0.05, 0) is 46.7 Å². The molecule has 0 atom stereocenters. The smallest absolute Gasteiger partial charge is 0.309 e. The van der Waals surface area contributed by atoms with Crippen molar-refractivity contribution in [1.82, 2.24) is 4.90 Å². The predicted octanol–water partition coefficient (Wildman–Crippen LogP) is 0.996. The van der Waals surface area contributed by atoms with Crippen molar-refractivity contribution >= 4 is 15.8 Å². The van der Waals surface area contributed by atoms with E-state index in [1.165, 1.54) is 0 Å². The van der Waals surface area contributed by atoms with Gasteiger partial charge in [0.25, 0.3) is 0 Å². The minimum absolute atomic E-state index is 0.161. The van der Waals surface area contributed by atoms with Gasteiger partial charge in [0.2, 0.25) is 0 Å². The molecule has 1 aliphatic rings. The van der Waals surface area contributed by atoms with Crippen molar-refractivity contribution in [2.75, 3.05) is 25.4 Å². The second-order valence-corrected chi connectivity index (χ2v) is 8.30. The number of nitrogens with zero attached hydrogens (tertiary/aromatic N) is 1. The fraction of sp³-hybridized carbons (Fsp3) is 0.917. The molecular formula is C12H23NO4S. The van der Waals surface area contributed by atoms with Crippen LogP contribution in [0.15, 0.2) is 0 Å². The number of hydrogen-bond acceptors (Lipinski definition) is 4. The van der Waals surface area contributed by atoms with Crippen LogP contribution >= 0.6 is 0 Å². The molecule has 0 amide bonds. The third-order valence-electron chi connectivity index (χ3n) is 3.89. The Bertz CT molecular complexity index is 394. The summed E-state index contributed by atoms with van der Waals surface area (Å²) >= 11 is 0. The highest BCUT2D eigenvalue weighted by Crippen LogP contribution is 2.30. The third kappa shape index (κ3) is 3.68. The first-order valence-electron chi connectivity index (χ1n) is 6.35. The lowest BCUT2D eigenvalue weighted by molar-refractivity contribution is -0.150. The van der Waals surface area contributed by atoms with Crippen molar-refractivity contribution in [2.45, 2.75) is 38.9 Å². The molecule has 1 fully saturated rings. The van der Waals surface area contributed by atoms with Gasteiger partial charge in [-0.2, -0.15) is 0 Å². The van der Waals surface area contributed by atoms with Gasteiger partial charge in [0.15, 0.2) is 9.84 Å². The maximum absolute atomic E-state index is 11.7. The molecule has 0 aromatic rings. The molecule has 0 unspecified atom stereocenters. The Hall–Kier alpha value is -0.620. The zero-order valence-electron chi connectivity index (χ0n) is 11.3. The summed E-state index contributed by atoms with van der Waals surface area (Å²) in [7, 11) is -3.00. The molecule has 1 rings (SSSR count). The average molecular weight is 277 g/mol. The van der Waals surface area contributed by atoms with Crippen LogP contribution < -0.4 is 0 Å². The molecule has 18 heavy (non-hydrogen) atoms. The Morgan fingerprint density at radius 1 is 1.33 bits per heavy atom. The standard InChI is InChI=1S/C12H23NO4S/c1-10(2)18(16,17)9-8-13-6-4-12(3,5-7-13)11(14)15/h10H,4-9H2,1-3H3,(H,14,15). The zero-order valence-corrected chi connectivity index (χ0v) is 12.2. The molecule has 0 bridgehead atoms. The maximum atomic E-state index is 11.7. The van der Waals surface area contributed by atoms with E-state index in [1.54, 1.807) is 20.8 Å². The van der Waals surface area contributed by atoms with Crippen LogP contribution in [0.5, 0.6) is 0 Å². The SMILES string of the molecule is CC(C)S(=O)(=O)CCN1CCC(C)(C(=O)O)CC1. The van der Waals surface area contributed by atoms with Crippen molar-refractivity contribution in [1.29, 1.82) is 0 Å². The van der Waals surface area contributed by atoms with E-state index in [9.17, 15) is 13.2 Å². The van der Waals surface area contributed by atoms with Crippen LogP contribution in [0.2, 0.25) is 0 Å². The molecule has 106 valence electrons. The van der Waals surface area contributed by atoms with Gasteiger partial charge in [-0.3, -0.25) is 4.79 Å². The average Bonchev–Trinajstić information content (AvgIpc) is 2.28. The Morgan fingerprint density at radius 2 is 1.83 bits per heavy atom. The quantitative estimate of drug-likeness (QED) is 0.811. The number of aliphatic carboxylic acids is 1. The molecule has 0 aliphatic carbocycles. The van der Waals surface area contributed by atoms with Gasteiger partial charge in [-0.1, -0.05) is 0 Å². The number of hydrogen-bond donors (Lipinski definition) is 1. The predicted molar refractivity (Wildman–Crippen MR) is 70.3 cm³/mol. The lowest BCUT2D eigenvalue weighted by Gasteiger charge is -2.36. The summed E-state index contributed by atoms with van der Waals surface area (Å²) < 4.78 is 23.4. The van der Waals surface area contributed by atoms with Crippen molar-refractivity contribution < 1.29 is 18.3 Å². The Balaban J connectivity index is 2.44. The summed E-state index contributed by atoms with van der Waals surface area (Å²) in [4.78, 5) is 13.1. The van der Waals surface area contributed by atoms with E-state index < -0.39 is 21.2 Å². The highest BCUT2D eigenvalue weighted by Gasteiger charge is 2.36. The minimum atomic E-state index is -3.00. The normalized spacial score (nSPS) is 21.1. The molecule has 0 spiro atoms. The van der Waals surface area contributed by atoms with Gasteiger partial charge >= 0.3 is 5.97 Å². The Kier molecular flexibility index (Phi) is 4.78. The van der Waals surface area contributed by atoms with Crippen LogP contribution in [-0.4, -0.2) is 55.0 Å². The highest BCUT2D eigenvalue weighted by atomic mass is 32.2. The molecule has 0 radical (unpaired) electrons.